The van der Waals surface area contributed by atoms with Crippen LogP contribution in [0.15, 0.2) is 72.8 Å². The van der Waals surface area contributed by atoms with Gasteiger partial charge in [-0.05, 0) is 55.5 Å². The molecule has 3 aromatic rings. The van der Waals surface area contributed by atoms with Crippen LogP contribution in [-0.4, -0.2) is 11.8 Å². The van der Waals surface area contributed by atoms with Gasteiger partial charge in [0.05, 0.1) is 11.3 Å². The Morgan fingerprint density at radius 1 is 0.778 bits per heavy atom. The maximum Gasteiger partial charge on any atom is 0.255 e. The van der Waals surface area contributed by atoms with E-state index in [4.69, 9.17) is 5.26 Å². The van der Waals surface area contributed by atoms with Gasteiger partial charge in [-0.25, -0.2) is 0 Å². The Kier molecular flexibility index (Phi) is 5.29. The Labute approximate surface area is 157 Å². The van der Waals surface area contributed by atoms with Crippen LogP contribution in [0.5, 0.6) is 0 Å². The second kappa shape index (κ2) is 7.98. The molecule has 2 N–H and O–H groups in total. The van der Waals surface area contributed by atoms with Crippen LogP contribution in [0, 0.1) is 18.3 Å². The quantitative estimate of drug-likeness (QED) is 0.729. The lowest BCUT2D eigenvalue weighted by Gasteiger charge is -2.08. The van der Waals surface area contributed by atoms with E-state index in [-0.39, 0.29) is 11.8 Å². The number of anilines is 2. The van der Waals surface area contributed by atoms with E-state index >= 15 is 0 Å². The summed E-state index contributed by atoms with van der Waals surface area (Å²) in [6.45, 7) is 1.98. The molecular formula is C22H17N3O2. The molecule has 0 unspecified atom stereocenters. The number of amides is 2. The molecule has 0 aromatic heterocycles. The van der Waals surface area contributed by atoms with E-state index in [9.17, 15) is 9.59 Å². The third-order valence-electron chi connectivity index (χ3n) is 4.01. The summed E-state index contributed by atoms with van der Waals surface area (Å²) in [5.74, 6) is -0.594. The molecule has 0 saturated carbocycles. The van der Waals surface area contributed by atoms with Crippen molar-refractivity contribution in [3.8, 4) is 6.07 Å². The van der Waals surface area contributed by atoms with Crippen LogP contribution >= 0.6 is 0 Å². The van der Waals surface area contributed by atoms with Crippen LogP contribution in [0.3, 0.4) is 0 Å². The van der Waals surface area contributed by atoms with Crippen molar-refractivity contribution >= 4 is 23.2 Å². The Hall–Kier alpha value is -3.91. The predicted molar refractivity (Wildman–Crippen MR) is 105 cm³/mol. The molecule has 0 aliphatic carbocycles. The fourth-order valence-electron chi connectivity index (χ4n) is 2.50. The molecule has 5 nitrogen and oxygen atoms in total. The zero-order valence-electron chi connectivity index (χ0n) is 14.7. The van der Waals surface area contributed by atoms with E-state index < -0.39 is 0 Å². The number of hydrogen-bond donors (Lipinski definition) is 2. The molecule has 3 rings (SSSR count). The Morgan fingerprint density at radius 3 is 1.93 bits per heavy atom. The molecule has 0 radical (unpaired) electrons. The minimum atomic E-state index is -0.344. The number of rotatable bonds is 4. The molecule has 0 spiro atoms. The number of nitrogens with zero attached hydrogens (tertiary/aromatic N) is 1. The fraction of sp³-hybridized carbons (Fsp3) is 0.0455. The van der Waals surface area contributed by atoms with Gasteiger partial charge in [0, 0.05) is 16.8 Å². The molecule has 2 amide bonds. The molecule has 27 heavy (non-hydrogen) atoms. The van der Waals surface area contributed by atoms with Crippen LogP contribution in [-0.2, 0) is 0 Å². The van der Waals surface area contributed by atoms with Crippen molar-refractivity contribution in [3.05, 3.63) is 95.1 Å². The van der Waals surface area contributed by atoms with E-state index in [0.29, 0.717) is 28.1 Å². The fourth-order valence-corrected chi connectivity index (χ4v) is 2.50. The zero-order valence-corrected chi connectivity index (χ0v) is 14.7. The summed E-state index contributed by atoms with van der Waals surface area (Å²) in [4.78, 5) is 24.7. The van der Waals surface area contributed by atoms with Crippen LogP contribution in [0.1, 0.15) is 31.8 Å². The average Bonchev–Trinajstić information content (AvgIpc) is 2.70. The summed E-state index contributed by atoms with van der Waals surface area (Å²) < 4.78 is 0. The minimum absolute atomic E-state index is 0.249. The number of nitriles is 1. The van der Waals surface area contributed by atoms with E-state index in [1.165, 1.54) is 0 Å². The predicted octanol–water partition coefficient (Wildman–Crippen LogP) is 4.37. The summed E-state index contributed by atoms with van der Waals surface area (Å²) >= 11 is 0. The Balaban J connectivity index is 1.69. The van der Waals surface area contributed by atoms with Crippen molar-refractivity contribution in [2.24, 2.45) is 0 Å². The molecule has 132 valence electrons. The van der Waals surface area contributed by atoms with Crippen LogP contribution in [0.2, 0.25) is 0 Å². The van der Waals surface area contributed by atoms with Gasteiger partial charge in [-0.15, -0.1) is 0 Å². The summed E-state index contributed by atoms with van der Waals surface area (Å²) in [7, 11) is 0. The highest BCUT2D eigenvalue weighted by atomic mass is 16.2. The molecule has 0 aliphatic rings. The number of para-hydroxylation sites is 1. The molecule has 0 heterocycles. The van der Waals surface area contributed by atoms with Gasteiger partial charge < -0.3 is 10.6 Å². The van der Waals surface area contributed by atoms with Crippen LogP contribution in [0.4, 0.5) is 11.4 Å². The molecule has 0 aliphatic heterocycles. The molecule has 0 fully saturated rings. The first-order valence-electron chi connectivity index (χ1n) is 8.35. The first kappa shape index (κ1) is 17.9. The van der Waals surface area contributed by atoms with Crippen molar-refractivity contribution in [2.75, 3.05) is 10.6 Å². The largest absolute Gasteiger partial charge is 0.322 e. The molecule has 0 saturated heterocycles. The van der Waals surface area contributed by atoms with Gasteiger partial charge >= 0.3 is 0 Å². The molecule has 5 heteroatoms. The highest BCUT2D eigenvalue weighted by Gasteiger charge is 2.11. The van der Waals surface area contributed by atoms with Gasteiger partial charge in [0.25, 0.3) is 11.8 Å². The van der Waals surface area contributed by atoms with Gasteiger partial charge in [-0.2, -0.15) is 5.26 Å². The Morgan fingerprint density at radius 2 is 1.33 bits per heavy atom. The van der Waals surface area contributed by atoms with Gasteiger partial charge in [0.1, 0.15) is 6.07 Å². The van der Waals surface area contributed by atoms with E-state index in [1.54, 1.807) is 48.5 Å². The van der Waals surface area contributed by atoms with Gasteiger partial charge in [0.2, 0.25) is 0 Å². The highest BCUT2D eigenvalue weighted by molar-refractivity contribution is 6.07. The highest BCUT2D eigenvalue weighted by Crippen LogP contribution is 2.16. The maximum absolute atomic E-state index is 12.4. The third-order valence-corrected chi connectivity index (χ3v) is 4.01. The van der Waals surface area contributed by atoms with Crippen LogP contribution < -0.4 is 10.6 Å². The summed E-state index contributed by atoms with van der Waals surface area (Å²) in [5.41, 5.74) is 3.51. The van der Waals surface area contributed by atoms with E-state index in [0.717, 1.165) is 5.56 Å². The standard InChI is InChI=1S/C22H17N3O2/c1-15-6-12-19(13-7-15)24-21(26)16-8-10-17(11-9-16)22(27)25-20-5-3-2-4-18(20)14-23/h2-13H,1H3,(H,24,26)(H,25,27). The molecule has 0 bridgehead atoms. The summed E-state index contributed by atoms with van der Waals surface area (Å²) in [6, 6.07) is 22.7. The average molecular weight is 355 g/mol. The van der Waals surface area contributed by atoms with Crippen molar-refractivity contribution in [3.63, 3.8) is 0 Å². The lowest BCUT2D eigenvalue weighted by atomic mass is 10.1. The first-order chi connectivity index (χ1) is 13.1. The van der Waals surface area contributed by atoms with Gasteiger partial charge in [0.15, 0.2) is 0 Å². The monoisotopic (exact) mass is 355 g/mol. The van der Waals surface area contributed by atoms with E-state index in [1.807, 2.05) is 37.3 Å². The lowest BCUT2D eigenvalue weighted by Crippen LogP contribution is -2.14. The van der Waals surface area contributed by atoms with Crippen molar-refractivity contribution in [1.29, 1.82) is 5.26 Å². The van der Waals surface area contributed by atoms with Crippen molar-refractivity contribution in [2.45, 2.75) is 6.92 Å². The van der Waals surface area contributed by atoms with E-state index in [2.05, 4.69) is 10.6 Å². The number of benzene rings is 3. The van der Waals surface area contributed by atoms with Gasteiger partial charge in [-0.3, -0.25) is 9.59 Å². The Bertz CT molecular complexity index is 1020. The van der Waals surface area contributed by atoms with Crippen molar-refractivity contribution in [1.82, 2.24) is 0 Å². The minimum Gasteiger partial charge on any atom is -0.322 e. The maximum atomic E-state index is 12.4. The number of nitrogens with one attached hydrogen (secondary N) is 2. The third kappa shape index (κ3) is 4.39. The SMILES string of the molecule is Cc1ccc(NC(=O)c2ccc(C(=O)Nc3ccccc3C#N)cc2)cc1. The van der Waals surface area contributed by atoms with Crippen LogP contribution in [0.25, 0.3) is 0 Å². The topological polar surface area (TPSA) is 82.0 Å². The lowest BCUT2D eigenvalue weighted by molar-refractivity contribution is 0.101. The number of hydrogen-bond acceptors (Lipinski definition) is 3. The molecule has 3 aromatic carbocycles. The van der Waals surface area contributed by atoms with Gasteiger partial charge in [-0.1, -0.05) is 29.8 Å². The second-order valence-corrected chi connectivity index (χ2v) is 6.01. The summed E-state index contributed by atoms with van der Waals surface area (Å²) in [6.07, 6.45) is 0. The summed E-state index contributed by atoms with van der Waals surface area (Å²) in [5, 5.41) is 14.6. The number of carbonyl (C=O) groups is 2. The molecular weight excluding hydrogens is 338 g/mol. The number of carbonyl (C=O) groups excluding carboxylic acids is 2. The normalized spacial score (nSPS) is 9.93. The molecule has 0 atom stereocenters. The van der Waals surface area contributed by atoms with Crippen molar-refractivity contribution < 1.29 is 9.59 Å². The zero-order chi connectivity index (χ0) is 19.2. The second-order valence-electron chi connectivity index (χ2n) is 6.01. The smallest absolute Gasteiger partial charge is 0.255 e. The number of aryl methyl sites for hydroxylation is 1. The first-order valence-corrected chi connectivity index (χ1v) is 8.35.